The molecule has 0 atom stereocenters. The van der Waals surface area contributed by atoms with Crippen molar-refractivity contribution in [2.24, 2.45) is 0 Å². The number of thiazole rings is 1. The van der Waals surface area contributed by atoms with Gasteiger partial charge in [0.1, 0.15) is 10.8 Å². The van der Waals surface area contributed by atoms with Crippen LogP contribution in [0.25, 0.3) is 16.9 Å². The SMILES string of the molecule is Fc1cccc(-c2cnc3c(N4CCN(Cc5nccs5)CC4)nccn23)c1. The first-order valence-electron chi connectivity index (χ1n) is 9.21. The minimum absolute atomic E-state index is 0.252. The van der Waals surface area contributed by atoms with Crippen molar-refractivity contribution in [1.82, 2.24) is 24.3 Å². The Morgan fingerprint density at radius 1 is 1.04 bits per heavy atom. The lowest BCUT2D eigenvalue weighted by Crippen LogP contribution is -2.46. The molecule has 0 bridgehead atoms. The zero-order chi connectivity index (χ0) is 18.9. The third kappa shape index (κ3) is 3.25. The molecule has 142 valence electrons. The average Bonchev–Trinajstić information content (AvgIpc) is 3.38. The number of nitrogens with zero attached hydrogens (tertiary/aromatic N) is 6. The Bertz CT molecular complexity index is 1090. The smallest absolute Gasteiger partial charge is 0.180 e. The predicted octanol–water partition coefficient (Wildman–Crippen LogP) is 3.31. The summed E-state index contributed by atoms with van der Waals surface area (Å²) in [4.78, 5) is 18.3. The van der Waals surface area contributed by atoms with Crippen LogP contribution in [0.15, 0.2) is 54.4 Å². The van der Waals surface area contributed by atoms with Gasteiger partial charge in [-0.2, -0.15) is 0 Å². The number of anilines is 1. The van der Waals surface area contributed by atoms with Gasteiger partial charge in [-0.3, -0.25) is 9.30 Å². The van der Waals surface area contributed by atoms with Crippen molar-refractivity contribution in [2.75, 3.05) is 31.1 Å². The standard InChI is InChI=1S/C20H19FN6S/c21-16-3-1-2-15(12-16)17-13-24-20-19(23-4-6-27(17)20)26-9-7-25(8-10-26)14-18-22-5-11-28-18/h1-6,11-13H,7-10,14H2. The molecule has 0 unspecified atom stereocenters. The Morgan fingerprint density at radius 3 is 2.71 bits per heavy atom. The second kappa shape index (κ2) is 7.29. The number of halogens is 1. The van der Waals surface area contributed by atoms with E-state index in [0.29, 0.717) is 0 Å². The van der Waals surface area contributed by atoms with E-state index >= 15 is 0 Å². The van der Waals surface area contributed by atoms with E-state index in [2.05, 4.69) is 24.8 Å². The summed E-state index contributed by atoms with van der Waals surface area (Å²) >= 11 is 1.70. The second-order valence-electron chi connectivity index (χ2n) is 6.79. The van der Waals surface area contributed by atoms with Crippen molar-refractivity contribution >= 4 is 22.8 Å². The monoisotopic (exact) mass is 394 g/mol. The number of fused-ring (bicyclic) bond motifs is 1. The molecular weight excluding hydrogens is 375 g/mol. The number of piperazine rings is 1. The molecule has 8 heteroatoms. The van der Waals surface area contributed by atoms with Crippen LogP contribution in [0.2, 0.25) is 0 Å². The zero-order valence-electron chi connectivity index (χ0n) is 15.2. The molecule has 4 heterocycles. The van der Waals surface area contributed by atoms with Gasteiger partial charge in [0.15, 0.2) is 11.5 Å². The molecule has 4 aromatic rings. The van der Waals surface area contributed by atoms with Gasteiger partial charge in [0, 0.05) is 55.7 Å². The zero-order valence-corrected chi connectivity index (χ0v) is 16.0. The fraction of sp³-hybridized carbons (Fsp3) is 0.250. The Kier molecular flexibility index (Phi) is 4.50. The highest BCUT2D eigenvalue weighted by Crippen LogP contribution is 2.26. The predicted molar refractivity (Wildman–Crippen MR) is 108 cm³/mol. The maximum atomic E-state index is 13.6. The van der Waals surface area contributed by atoms with Crippen LogP contribution in [0.4, 0.5) is 10.2 Å². The Balaban J connectivity index is 1.38. The maximum Gasteiger partial charge on any atom is 0.180 e. The summed E-state index contributed by atoms with van der Waals surface area (Å²) in [6.07, 6.45) is 7.31. The molecule has 0 N–H and O–H groups in total. The van der Waals surface area contributed by atoms with E-state index in [1.807, 2.05) is 28.2 Å². The first kappa shape index (κ1) is 17.3. The average molecular weight is 394 g/mol. The molecule has 0 saturated carbocycles. The molecule has 0 amide bonds. The molecule has 0 radical (unpaired) electrons. The van der Waals surface area contributed by atoms with Crippen molar-refractivity contribution in [3.8, 4) is 11.3 Å². The van der Waals surface area contributed by atoms with E-state index < -0.39 is 0 Å². The van der Waals surface area contributed by atoms with Crippen LogP contribution in [0.1, 0.15) is 5.01 Å². The van der Waals surface area contributed by atoms with Gasteiger partial charge in [0.2, 0.25) is 0 Å². The van der Waals surface area contributed by atoms with Gasteiger partial charge in [-0.25, -0.2) is 19.3 Å². The normalized spacial score (nSPS) is 15.4. The van der Waals surface area contributed by atoms with E-state index in [0.717, 1.165) is 60.5 Å². The van der Waals surface area contributed by atoms with E-state index in [-0.39, 0.29) is 5.82 Å². The molecule has 1 aliphatic rings. The van der Waals surface area contributed by atoms with Gasteiger partial charge >= 0.3 is 0 Å². The largest absolute Gasteiger partial charge is 0.351 e. The lowest BCUT2D eigenvalue weighted by atomic mass is 10.1. The van der Waals surface area contributed by atoms with Gasteiger partial charge in [-0.15, -0.1) is 11.3 Å². The summed E-state index contributed by atoms with van der Waals surface area (Å²) < 4.78 is 15.6. The van der Waals surface area contributed by atoms with Crippen molar-refractivity contribution in [1.29, 1.82) is 0 Å². The molecule has 5 rings (SSSR count). The van der Waals surface area contributed by atoms with E-state index in [1.165, 1.54) is 12.1 Å². The molecule has 0 spiro atoms. The first-order chi connectivity index (χ1) is 13.8. The van der Waals surface area contributed by atoms with Crippen LogP contribution in [0.5, 0.6) is 0 Å². The van der Waals surface area contributed by atoms with Crippen LogP contribution < -0.4 is 4.90 Å². The highest BCUT2D eigenvalue weighted by Gasteiger charge is 2.22. The Morgan fingerprint density at radius 2 is 1.93 bits per heavy atom. The maximum absolute atomic E-state index is 13.6. The quantitative estimate of drug-likeness (QED) is 0.532. The molecule has 28 heavy (non-hydrogen) atoms. The Labute approximate surface area is 165 Å². The Hall–Kier alpha value is -2.84. The van der Waals surface area contributed by atoms with Gasteiger partial charge in [-0.1, -0.05) is 12.1 Å². The highest BCUT2D eigenvalue weighted by atomic mass is 32.1. The summed E-state index contributed by atoms with van der Waals surface area (Å²) in [5, 5.41) is 3.17. The molecule has 1 aromatic carbocycles. The lowest BCUT2D eigenvalue weighted by molar-refractivity contribution is 0.249. The van der Waals surface area contributed by atoms with Gasteiger partial charge < -0.3 is 4.90 Å². The van der Waals surface area contributed by atoms with Crippen molar-refractivity contribution in [3.05, 3.63) is 65.3 Å². The van der Waals surface area contributed by atoms with E-state index in [9.17, 15) is 4.39 Å². The number of hydrogen-bond donors (Lipinski definition) is 0. The number of benzene rings is 1. The molecule has 3 aromatic heterocycles. The van der Waals surface area contributed by atoms with Crippen LogP contribution in [0, 0.1) is 5.82 Å². The fourth-order valence-corrected chi connectivity index (χ4v) is 4.29. The van der Waals surface area contributed by atoms with Crippen LogP contribution in [0.3, 0.4) is 0 Å². The summed E-state index contributed by atoms with van der Waals surface area (Å²) in [7, 11) is 0. The third-order valence-corrected chi connectivity index (χ3v) is 5.81. The molecule has 1 saturated heterocycles. The van der Waals surface area contributed by atoms with E-state index in [1.54, 1.807) is 29.8 Å². The minimum Gasteiger partial charge on any atom is -0.351 e. The number of hydrogen-bond acceptors (Lipinski definition) is 6. The van der Waals surface area contributed by atoms with Crippen molar-refractivity contribution < 1.29 is 4.39 Å². The fourth-order valence-electron chi connectivity index (χ4n) is 3.63. The van der Waals surface area contributed by atoms with Gasteiger partial charge in [0.25, 0.3) is 0 Å². The van der Waals surface area contributed by atoms with Crippen LogP contribution in [-0.4, -0.2) is 50.4 Å². The summed E-state index contributed by atoms with van der Waals surface area (Å²) in [6.45, 7) is 4.59. The highest BCUT2D eigenvalue weighted by molar-refractivity contribution is 7.09. The number of aromatic nitrogens is 4. The van der Waals surface area contributed by atoms with Crippen LogP contribution in [-0.2, 0) is 6.54 Å². The topological polar surface area (TPSA) is 49.6 Å². The summed E-state index contributed by atoms with van der Waals surface area (Å²) in [6, 6.07) is 6.59. The van der Waals surface area contributed by atoms with E-state index in [4.69, 9.17) is 0 Å². The summed E-state index contributed by atoms with van der Waals surface area (Å²) in [5.74, 6) is 0.622. The molecule has 0 aliphatic carbocycles. The molecule has 1 aliphatic heterocycles. The third-order valence-electron chi connectivity index (χ3n) is 5.04. The first-order valence-corrected chi connectivity index (χ1v) is 10.1. The minimum atomic E-state index is -0.252. The molecular formula is C20H19FN6S. The number of imidazole rings is 1. The summed E-state index contributed by atoms with van der Waals surface area (Å²) in [5.41, 5.74) is 2.47. The van der Waals surface area contributed by atoms with Crippen molar-refractivity contribution in [3.63, 3.8) is 0 Å². The second-order valence-corrected chi connectivity index (χ2v) is 7.77. The molecule has 6 nitrogen and oxygen atoms in total. The van der Waals surface area contributed by atoms with Crippen LogP contribution >= 0.6 is 11.3 Å². The van der Waals surface area contributed by atoms with Gasteiger partial charge in [0.05, 0.1) is 18.4 Å². The van der Waals surface area contributed by atoms with Gasteiger partial charge in [-0.05, 0) is 12.1 Å². The number of rotatable bonds is 4. The van der Waals surface area contributed by atoms with Crippen molar-refractivity contribution in [2.45, 2.75) is 6.54 Å². The molecule has 1 fully saturated rings. The lowest BCUT2D eigenvalue weighted by Gasteiger charge is -2.34.